The van der Waals surface area contributed by atoms with Gasteiger partial charge in [-0.25, -0.2) is 0 Å². The summed E-state index contributed by atoms with van der Waals surface area (Å²) in [7, 11) is 1.77. The molecule has 0 radical (unpaired) electrons. The number of rotatable bonds is 6. The van der Waals surface area contributed by atoms with E-state index < -0.39 is 14.1 Å². The highest BCUT2D eigenvalue weighted by Gasteiger charge is 2.59. The van der Waals surface area contributed by atoms with Crippen molar-refractivity contribution in [2.75, 3.05) is 21.3 Å². The second-order valence-electron chi connectivity index (χ2n) is 4.30. The molecule has 19 heavy (non-hydrogen) atoms. The molecule has 0 aliphatic rings. The van der Waals surface area contributed by atoms with Crippen molar-refractivity contribution in [3.63, 3.8) is 0 Å². The van der Waals surface area contributed by atoms with Crippen LogP contribution in [-0.2, 0) is 18.6 Å². The molecule has 2 bridgehead atoms. The first-order valence-electron chi connectivity index (χ1n) is 5.93. The van der Waals surface area contributed by atoms with Crippen molar-refractivity contribution in [1.82, 2.24) is 4.57 Å². The summed E-state index contributed by atoms with van der Waals surface area (Å²) in [6, 6.07) is 8.14. The number of fused-ring (bicyclic) bond motifs is 2. The molecule has 0 spiro atoms. The number of aromatic nitrogens is 1. The lowest BCUT2D eigenvalue weighted by Crippen LogP contribution is -2.69. The average Bonchev–Trinajstić information content (AvgIpc) is 3.01. The Balaban J connectivity index is 0.00000180. The van der Waals surface area contributed by atoms with E-state index in [4.69, 9.17) is 19.0 Å². The van der Waals surface area contributed by atoms with E-state index in [0.29, 0.717) is 6.42 Å². The van der Waals surface area contributed by atoms with Crippen LogP contribution < -0.4 is 5.73 Å². The molecule has 2 aromatic rings. The Morgan fingerprint density at radius 3 is 1.68 bits per heavy atom. The van der Waals surface area contributed by atoms with Gasteiger partial charge in [-0.15, -0.1) is 12.4 Å². The summed E-state index contributed by atoms with van der Waals surface area (Å²) in [5.74, 6) is 0. The first kappa shape index (κ1) is 16.4. The van der Waals surface area contributed by atoms with Gasteiger partial charge in [0.05, 0.1) is 0 Å². The summed E-state index contributed by atoms with van der Waals surface area (Å²) >= 11 is 0. The van der Waals surface area contributed by atoms with E-state index in [0.717, 1.165) is 11.0 Å². The van der Waals surface area contributed by atoms with Crippen molar-refractivity contribution >= 4 is 32.2 Å². The molecule has 2 aromatic heterocycles. The molecule has 2 rings (SSSR count). The van der Waals surface area contributed by atoms with Gasteiger partial charge in [0, 0.05) is 32.4 Å². The zero-order valence-corrected chi connectivity index (χ0v) is 13.5. The molecule has 0 aliphatic carbocycles. The molecule has 0 amide bonds. The van der Waals surface area contributed by atoms with Gasteiger partial charge in [0.15, 0.2) is 5.29 Å². The Morgan fingerprint density at radius 2 is 1.42 bits per heavy atom. The summed E-state index contributed by atoms with van der Waals surface area (Å²) in [6.45, 7) is 2.01. The summed E-state index contributed by atoms with van der Waals surface area (Å²) < 4.78 is 18.8. The van der Waals surface area contributed by atoms with Crippen molar-refractivity contribution in [3.05, 3.63) is 24.3 Å². The molecule has 2 heterocycles. The quantitative estimate of drug-likeness (QED) is 0.829. The number of halogens is 1. The zero-order chi connectivity index (χ0) is 13.4. The van der Waals surface area contributed by atoms with Crippen LogP contribution in [0.3, 0.4) is 0 Å². The summed E-state index contributed by atoms with van der Waals surface area (Å²) in [4.78, 5) is 0. The molecule has 7 heteroatoms. The highest BCUT2D eigenvalue weighted by atomic mass is 35.5. The van der Waals surface area contributed by atoms with Crippen LogP contribution in [0, 0.1) is 0 Å². The van der Waals surface area contributed by atoms with E-state index in [1.807, 2.05) is 31.2 Å². The lowest BCUT2D eigenvalue weighted by Gasteiger charge is -2.41. The lowest BCUT2D eigenvalue weighted by atomic mass is 10.3. The van der Waals surface area contributed by atoms with Gasteiger partial charge in [-0.1, -0.05) is 6.92 Å². The van der Waals surface area contributed by atoms with Gasteiger partial charge in [0.25, 0.3) is 0 Å². The maximum atomic E-state index is 6.63. The minimum atomic E-state index is -3.00. The molecule has 0 aliphatic heterocycles. The van der Waals surface area contributed by atoms with Crippen molar-refractivity contribution in [1.29, 1.82) is 0 Å². The van der Waals surface area contributed by atoms with Gasteiger partial charge in [-0.05, 0) is 30.7 Å². The van der Waals surface area contributed by atoms with E-state index in [2.05, 4.69) is 4.57 Å². The fraction of sp³-hybridized carbons (Fsp3) is 0.500. The predicted molar refractivity (Wildman–Crippen MR) is 79.6 cm³/mol. The van der Waals surface area contributed by atoms with Gasteiger partial charge in [0.2, 0.25) is 0 Å². The summed E-state index contributed by atoms with van der Waals surface area (Å²) in [5, 5.41) is -0.803. The standard InChI is InChI=1S/C12H20N2O3Si.ClH/c1-5-12(13,18(15-2,16-3)17-4)14-10-6-7-11(14)9-8-10;/h6-9H,5,13H2,1-4H3;1H. The monoisotopic (exact) mass is 304 g/mol. The van der Waals surface area contributed by atoms with Crippen LogP contribution in [0.5, 0.6) is 0 Å². The smallest absolute Gasteiger partial charge is 0.375 e. The van der Waals surface area contributed by atoms with Crippen LogP contribution in [0.2, 0.25) is 0 Å². The zero-order valence-electron chi connectivity index (χ0n) is 11.7. The van der Waals surface area contributed by atoms with Crippen LogP contribution in [0.1, 0.15) is 13.3 Å². The molecular formula is C12H21ClN2O3Si. The Labute approximate surface area is 120 Å². The molecule has 108 valence electrons. The topological polar surface area (TPSA) is 58.6 Å². The fourth-order valence-electron chi connectivity index (χ4n) is 2.65. The average molecular weight is 305 g/mol. The molecule has 1 unspecified atom stereocenters. The van der Waals surface area contributed by atoms with Crippen LogP contribution in [0.4, 0.5) is 0 Å². The minimum Gasteiger partial charge on any atom is -0.375 e. The molecule has 0 aromatic carbocycles. The number of benzene rings is 1. The third kappa shape index (κ3) is 2.08. The molecule has 0 fully saturated rings. The van der Waals surface area contributed by atoms with Crippen molar-refractivity contribution in [2.45, 2.75) is 18.6 Å². The van der Waals surface area contributed by atoms with E-state index in [1.54, 1.807) is 21.3 Å². The van der Waals surface area contributed by atoms with Crippen LogP contribution >= 0.6 is 12.4 Å². The second kappa shape index (κ2) is 5.78. The van der Waals surface area contributed by atoms with E-state index >= 15 is 0 Å². The SMILES string of the molecule is CCC(N)(n1c2ccc1cc2)[Si](OC)(OC)OC.Cl. The van der Waals surface area contributed by atoms with Crippen LogP contribution in [-0.4, -0.2) is 34.7 Å². The Bertz CT molecular complexity index is 461. The van der Waals surface area contributed by atoms with Crippen molar-refractivity contribution < 1.29 is 13.3 Å². The van der Waals surface area contributed by atoms with Crippen LogP contribution in [0.15, 0.2) is 24.3 Å². The van der Waals surface area contributed by atoms with Gasteiger partial charge < -0.3 is 23.6 Å². The normalized spacial score (nSPS) is 15.4. The minimum absolute atomic E-state index is 0. The third-order valence-electron chi connectivity index (χ3n) is 3.64. The first-order chi connectivity index (χ1) is 8.58. The van der Waals surface area contributed by atoms with E-state index in [-0.39, 0.29) is 12.4 Å². The maximum Gasteiger partial charge on any atom is 0.543 e. The van der Waals surface area contributed by atoms with Gasteiger partial charge >= 0.3 is 8.80 Å². The molecular weight excluding hydrogens is 284 g/mol. The van der Waals surface area contributed by atoms with E-state index in [1.165, 1.54) is 0 Å². The van der Waals surface area contributed by atoms with Gasteiger partial charge in [-0.2, -0.15) is 0 Å². The molecule has 5 nitrogen and oxygen atoms in total. The lowest BCUT2D eigenvalue weighted by molar-refractivity contribution is 0.0721. The number of nitrogens with zero attached hydrogens (tertiary/aromatic N) is 1. The van der Waals surface area contributed by atoms with Crippen molar-refractivity contribution in [2.24, 2.45) is 5.73 Å². The Kier molecular flexibility index (Phi) is 5.00. The second-order valence-corrected chi connectivity index (χ2v) is 7.50. The molecule has 1 atom stereocenters. The summed E-state index contributed by atoms with van der Waals surface area (Å²) in [6.07, 6.45) is 0.658. The molecule has 0 saturated carbocycles. The predicted octanol–water partition coefficient (Wildman–Crippen LogP) is 1.94. The maximum absolute atomic E-state index is 6.63. The molecule has 2 N–H and O–H groups in total. The highest BCUT2D eigenvalue weighted by Crippen LogP contribution is 2.34. The largest absolute Gasteiger partial charge is 0.543 e. The molecule has 0 saturated heterocycles. The third-order valence-corrected chi connectivity index (χ3v) is 6.89. The van der Waals surface area contributed by atoms with Gasteiger partial charge in [-0.3, -0.25) is 0 Å². The van der Waals surface area contributed by atoms with Gasteiger partial charge in [0.1, 0.15) is 0 Å². The fourth-order valence-corrected chi connectivity index (χ4v) is 5.18. The number of hydrogen-bond acceptors (Lipinski definition) is 4. The van der Waals surface area contributed by atoms with Crippen molar-refractivity contribution in [3.8, 4) is 0 Å². The number of hydrogen-bond donors (Lipinski definition) is 1. The summed E-state index contributed by atoms with van der Waals surface area (Å²) in [5.41, 5.74) is 8.73. The number of nitrogens with two attached hydrogens (primary N) is 1. The Hall–Kier alpha value is -0.633. The van der Waals surface area contributed by atoms with Crippen LogP contribution in [0.25, 0.3) is 11.0 Å². The highest BCUT2D eigenvalue weighted by molar-refractivity contribution is 6.63. The first-order valence-corrected chi connectivity index (χ1v) is 7.65. The van der Waals surface area contributed by atoms with E-state index in [9.17, 15) is 0 Å². The Morgan fingerprint density at radius 1 is 1.05 bits per heavy atom.